The Bertz CT molecular complexity index is 594. The summed E-state index contributed by atoms with van der Waals surface area (Å²) in [7, 11) is 3.35. The van der Waals surface area contributed by atoms with Crippen LogP contribution < -0.4 is 15.2 Å². The number of benzene rings is 2. The minimum Gasteiger partial charge on any atom is -0.497 e. The average Bonchev–Trinajstić information content (AvgIpc) is 2.48. The highest BCUT2D eigenvalue weighted by Crippen LogP contribution is 2.36. The lowest BCUT2D eigenvalue weighted by molar-refractivity contribution is 0.404. The number of hydrogen-bond acceptors (Lipinski definition) is 3. The molecule has 0 saturated heterocycles. The first kappa shape index (κ1) is 14.4. The molecule has 0 aliphatic carbocycles. The van der Waals surface area contributed by atoms with E-state index in [1.54, 1.807) is 14.2 Å². The van der Waals surface area contributed by atoms with E-state index < -0.39 is 0 Å². The molecule has 0 aliphatic heterocycles. The molecule has 2 rings (SSSR count). The molecule has 0 unspecified atom stereocenters. The summed E-state index contributed by atoms with van der Waals surface area (Å²) in [5.41, 5.74) is 10.4. The van der Waals surface area contributed by atoms with Crippen LogP contribution in [0.15, 0.2) is 36.4 Å². The van der Waals surface area contributed by atoms with E-state index in [0.29, 0.717) is 6.54 Å². The van der Waals surface area contributed by atoms with Crippen LogP contribution in [-0.4, -0.2) is 20.8 Å². The smallest absolute Gasteiger partial charge is 0.126 e. The molecule has 20 heavy (non-hydrogen) atoms. The molecule has 2 aromatic rings. The van der Waals surface area contributed by atoms with Crippen LogP contribution in [0.5, 0.6) is 11.5 Å². The van der Waals surface area contributed by atoms with Crippen LogP contribution in [0.4, 0.5) is 0 Å². The summed E-state index contributed by atoms with van der Waals surface area (Å²) in [5.74, 6) is 1.66. The van der Waals surface area contributed by atoms with Gasteiger partial charge in [-0.15, -0.1) is 0 Å². The molecular weight excluding hydrogens is 250 g/mol. The third kappa shape index (κ3) is 2.94. The van der Waals surface area contributed by atoms with Crippen molar-refractivity contribution < 1.29 is 9.47 Å². The van der Waals surface area contributed by atoms with Crippen LogP contribution >= 0.6 is 0 Å². The molecule has 0 heterocycles. The summed E-state index contributed by atoms with van der Waals surface area (Å²) in [5, 5.41) is 0. The minimum atomic E-state index is 0.627. The van der Waals surface area contributed by atoms with Gasteiger partial charge in [0.2, 0.25) is 0 Å². The van der Waals surface area contributed by atoms with Crippen molar-refractivity contribution in [3.8, 4) is 22.6 Å². The molecular formula is C17H21NO2. The zero-order valence-corrected chi connectivity index (χ0v) is 12.3. The summed E-state index contributed by atoms with van der Waals surface area (Å²) < 4.78 is 10.8. The largest absolute Gasteiger partial charge is 0.497 e. The number of rotatable bonds is 5. The SMILES string of the molecule is COc1ccc(OC)c(-c2cc(C)ccc2CCN)c1. The Balaban J connectivity index is 2.62. The summed E-state index contributed by atoms with van der Waals surface area (Å²) >= 11 is 0. The van der Waals surface area contributed by atoms with Gasteiger partial charge in [-0.25, -0.2) is 0 Å². The molecule has 2 N–H and O–H groups in total. The molecule has 0 aromatic heterocycles. The van der Waals surface area contributed by atoms with Gasteiger partial charge < -0.3 is 15.2 Å². The Morgan fingerprint density at radius 2 is 1.75 bits per heavy atom. The highest BCUT2D eigenvalue weighted by molar-refractivity contribution is 5.75. The minimum absolute atomic E-state index is 0.627. The van der Waals surface area contributed by atoms with Crippen molar-refractivity contribution >= 4 is 0 Å². The maximum atomic E-state index is 5.72. The van der Waals surface area contributed by atoms with Crippen LogP contribution in [-0.2, 0) is 6.42 Å². The summed E-state index contributed by atoms with van der Waals surface area (Å²) in [6, 6.07) is 12.3. The zero-order valence-electron chi connectivity index (χ0n) is 12.3. The van der Waals surface area contributed by atoms with E-state index in [1.807, 2.05) is 18.2 Å². The lowest BCUT2D eigenvalue weighted by Crippen LogP contribution is -2.04. The zero-order chi connectivity index (χ0) is 14.5. The maximum absolute atomic E-state index is 5.72. The number of ether oxygens (including phenoxy) is 2. The lowest BCUT2D eigenvalue weighted by Gasteiger charge is -2.15. The van der Waals surface area contributed by atoms with Crippen LogP contribution in [0, 0.1) is 6.92 Å². The summed E-state index contributed by atoms with van der Waals surface area (Å²) in [4.78, 5) is 0. The second-order valence-corrected chi connectivity index (χ2v) is 4.77. The standard InChI is InChI=1S/C17H21NO2/c1-12-4-5-13(8-9-18)15(10-12)16-11-14(19-2)6-7-17(16)20-3/h4-7,10-11H,8-9,18H2,1-3H3. The molecule has 0 spiro atoms. The quantitative estimate of drug-likeness (QED) is 0.908. The van der Waals surface area contributed by atoms with Gasteiger partial charge in [0.05, 0.1) is 14.2 Å². The van der Waals surface area contributed by atoms with Crippen molar-refractivity contribution in [2.75, 3.05) is 20.8 Å². The maximum Gasteiger partial charge on any atom is 0.126 e. The van der Waals surface area contributed by atoms with Gasteiger partial charge in [-0.05, 0) is 49.2 Å². The first-order valence-corrected chi connectivity index (χ1v) is 6.71. The lowest BCUT2D eigenvalue weighted by atomic mass is 9.95. The van der Waals surface area contributed by atoms with Crippen LogP contribution in [0.1, 0.15) is 11.1 Å². The monoisotopic (exact) mass is 271 g/mol. The van der Waals surface area contributed by atoms with Gasteiger partial charge in [0.1, 0.15) is 11.5 Å². The Morgan fingerprint density at radius 3 is 2.40 bits per heavy atom. The van der Waals surface area contributed by atoms with Crippen molar-refractivity contribution in [2.24, 2.45) is 5.73 Å². The second-order valence-electron chi connectivity index (χ2n) is 4.77. The van der Waals surface area contributed by atoms with Crippen LogP contribution in [0.2, 0.25) is 0 Å². The number of nitrogens with two attached hydrogens (primary N) is 1. The topological polar surface area (TPSA) is 44.5 Å². The normalized spacial score (nSPS) is 10.4. The Labute approximate surface area is 120 Å². The fourth-order valence-corrected chi connectivity index (χ4v) is 2.34. The predicted molar refractivity (Wildman–Crippen MR) is 82.5 cm³/mol. The number of aryl methyl sites for hydroxylation is 1. The number of methoxy groups -OCH3 is 2. The molecule has 0 fully saturated rings. The first-order chi connectivity index (χ1) is 9.69. The fourth-order valence-electron chi connectivity index (χ4n) is 2.34. The predicted octanol–water partition coefficient (Wildman–Crippen LogP) is 3.18. The summed E-state index contributed by atoms with van der Waals surface area (Å²) in [6.07, 6.45) is 0.843. The Kier molecular flexibility index (Phi) is 4.64. The van der Waals surface area contributed by atoms with Crippen LogP contribution in [0.3, 0.4) is 0 Å². The van der Waals surface area contributed by atoms with Gasteiger partial charge >= 0.3 is 0 Å². The van der Waals surface area contributed by atoms with Crippen molar-refractivity contribution in [3.05, 3.63) is 47.5 Å². The third-order valence-electron chi connectivity index (χ3n) is 3.38. The van der Waals surface area contributed by atoms with Crippen molar-refractivity contribution in [1.29, 1.82) is 0 Å². The third-order valence-corrected chi connectivity index (χ3v) is 3.38. The second kappa shape index (κ2) is 6.44. The van der Waals surface area contributed by atoms with E-state index in [-0.39, 0.29) is 0 Å². The molecule has 0 aliphatic rings. The van der Waals surface area contributed by atoms with E-state index in [4.69, 9.17) is 15.2 Å². The molecule has 3 heteroatoms. The molecule has 0 bridgehead atoms. The van der Waals surface area contributed by atoms with Gasteiger partial charge in [-0.3, -0.25) is 0 Å². The van der Waals surface area contributed by atoms with Gasteiger partial charge in [-0.2, -0.15) is 0 Å². The van der Waals surface area contributed by atoms with Crippen molar-refractivity contribution in [2.45, 2.75) is 13.3 Å². The van der Waals surface area contributed by atoms with Gasteiger partial charge in [-0.1, -0.05) is 23.8 Å². The average molecular weight is 271 g/mol. The molecule has 0 atom stereocenters. The van der Waals surface area contributed by atoms with Gasteiger partial charge in [0.15, 0.2) is 0 Å². The molecule has 2 aromatic carbocycles. The highest BCUT2D eigenvalue weighted by Gasteiger charge is 2.12. The van der Waals surface area contributed by atoms with Crippen molar-refractivity contribution in [3.63, 3.8) is 0 Å². The molecule has 106 valence electrons. The van der Waals surface area contributed by atoms with Gasteiger partial charge in [0.25, 0.3) is 0 Å². The van der Waals surface area contributed by atoms with E-state index in [1.165, 1.54) is 11.1 Å². The fraction of sp³-hybridized carbons (Fsp3) is 0.294. The van der Waals surface area contributed by atoms with E-state index in [0.717, 1.165) is 29.0 Å². The first-order valence-electron chi connectivity index (χ1n) is 6.71. The van der Waals surface area contributed by atoms with Crippen LogP contribution in [0.25, 0.3) is 11.1 Å². The van der Waals surface area contributed by atoms with E-state index >= 15 is 0 Å². The summed E-state index contributed by atoms with van der Waals surface area (Å²) in [6.45, 7) is 2.71. The number of hydrogen-bond donors (Lipinski definition) is 1. The Morgan fingerprint density at radius 1 is 0.950 bits per heavy atom. The van der Waals surface area contributed by atoms with E-state index in [9.17, 15) is 0 Å². The van der Waals surface area contributed by atoms with Gasteiger partial charge in [0, 0.05) is 5.56 Å². The highest BCUT2D eigenvalue weighted by atomic mass is 16.5. The molecule has 0 saturated carbocycles. The molecule has 3 nitrogen and oxygen atoms in total. The Hall–Kier alpha value is -2.00. The van der Waals surface area contributed by atoms with E-state index in [2.05, 4.69) is 25.1 Å². The molecule has 0 amide bonds. The molecule has 0 radical (unpaired) electrons. The van der Waals surface area contributed by atoms with Crippen molar-refractivity contribution in [1.82, 2.24) is 0 Å².